The van der Waals surface area contributed by atoms with Crippen molar-refractivity contribution in [1.29, 1.82) is 0 Å². The minimum absolute atomic E-state index is 0.657. The van der Waals surface area contributed by atoms with Gasteiger partial charge in [0, 0.05) is 0 Å². The minimum Gasteiger partial charge on any atom is -0.394 e. The number of aliphatic hydroxyl groups excluding tert-OH is 4. The van der Waals surface area contributed by atoms with Crippen molar-refractivity contribution in [3.05, 3.63) is 0 Å². The summed E-state index contributed by atoms with van der Waals surface area (Å²) >= 11 is 0. The molecule has 7 N–H and O–H groups in total. The molecule has 0 amide bonds. The summed E-state index contributed by atoms with van der Waals surface area (Å²) in [6.45, 7) is -0.657. The van der Waals surface area contributed by atoms with Crippen LogP contribution in [-0.2, 0) is 14.0 Å². The van der Waals surface area contributed by atoms with E-state index in [1.54, 1.807) is 5.09 Å². The molecule has 6 atom stereocenters. The van der Waals surface area contributed by atoms with E-state index in [4.69, 9.17) is 15.3 Å². The van der Waals surface area contributed by atoms with Gasteiger partial charge in [-0.1, -0.05) is 0 Å². The largest absolute Gasteiger partial charge is 0.430 e. The molecule has 1 fully saturated rings. The van der Waals surface area contributed by atoms with Crippen LogP contribution in [0, 0.1) is 0 Å². The van der Waals surface area contributed by atoms with Crippen molar-refractivity contribution in [3.63, 3.8) is 0 Å². The van der Waals surface area contributed by atoms with Crippen LogP contribution in [0.3, 0.4) is 0 Å². The molecule has 10 nitrogen and oxygen atoms in total. The fraction of sp³-hybridized carbons (Fsp3) is 1.00. The molecule has 0 bridgehead atoms. The Morgan fingerprint density at radius 3 is 2.35 bits per heavy atom. The zero-order valence-corrected chi connectivity index (χ0v) is 9.34. The molecule has 1 aliphatic heterocycles. The second-order valence-corrected chi connectivity index (χ2v) is 4.95. The van der Waals surface area contributed by atoms with E-state index in [-0.39, 0.29) is 0 Å². The third kappa shape index (κ3) is 3.42. The van der Waals surface area contributed by atoms with Crippen molar-refractivity contribution < 1.29 is 44.6 Å². The molecule has 11 heteroatoms. The molecule has 0 spiro atoms. The summed E-state index contributed by atoms with van der Waals surface area (Å²) in [5, 5.41) is 46.9. The number of nitrogens with one attached hydrogen (secondary N) is 1. The number of ether oxygens (including phenoxy) is 1. The smallest absolute Gasteiger partial charge is 0.394 e. The SMILES string of the molecule is O=P(O)(N[C@H]1C(O)[C@@H](O)C(CO)O[C@H]1O)OO. The van der Waals surface area contributed by atoms with E-state index >= 15 is 0 Å². The topological polar surface area (TPSA) is 169 Å². The standard InChI is InChI=1S/C6H14NO9P/c8-1-2-4(9)5(10)3(6(11)15-2)7-17(13,14)16-12/h2-6,8-12H,1H2,(H2,7,13,14)/t2?,3-,4-,5?,6+/m0/s1. The third-order valence-electron chi connectivity index (χ3n) is 2.32. The van der Waals surface area contributed by atoms with Crippen LogP contribution in [0.5, 0.6) is 0 Å². The molecule has 1 aliphatic rings. The van der Waals surface area contributed by atoms with Gasteiger partial charge in [-0.15, -0.1) is 4.67 Å². The van der Waals surface area contributed by atoms with Crippen molar-refractivity contribution >= 4 is 7.75 Å². The molecule has 1 saturated heterocycles. The Kier molecular flexibility index (Phi) is 4.98. The molecule has 0 radical (unpaired) electrons. The molecule has 0 aliphatic carbocycles. The number of aliphatic hydroxyl groups is 4. The summed E-state index contributed by atoms with van der Waals surface area (Å²) in [5.74, 6) is 0. The van der Waals surface area contributed by atoms with Gasteiger partial charge in [0.25, 0.3) is 0 Å². The second-order valence-electron chi connectivity index (χ2n) is 3.49. The van der Waals surface area contributed by atoms with Crippen LogP contribution in [0.2, 0.25) is 0 Å². The predicted molar refractivity (Wildman–Crippen MR) is 50.4 cm³/mol. The van der Waals surface area contributed by atoms with Crippen LogP contribution in [-0.4, -0.2) is 67.8 Å². The fourth-order valence-electron chi connectivity index (χ4n) is 1.45. The maximum Gasteiger partial charge on any atom is 0.430 e. The van der Waals surface area contributed by atoms with Gasteiger partial charge in [-0.05, 0) is 0 Å². The monoisotopic (exact) mass is 275 g/mol. The van der Waals surface area contributed by atoms with Crippen molar-refractivity contribution in [2.45, 2.75) is 30.6 Å². The van der Waals surface area contributed by atoms with E-state index < -0.39 is 45.0 Å². The van der Waals surface area contributed by atoms with Gasteiger partial charge in [0.1, 0.15) is 18.3 Å². The highest BCUT2D eigenvalue weighted by molar-refractivity contribution is 7.50. The van der Waals surface area contributed by atoms with Crippen LogP contribution in [0.25, 0.3) is 0 Å². The molecule has 1 heterocycles. The van der Waals surface area contributed by atoms with E-state index in [0.29, 0.717) is 0 Å². The lowest BCUT2D eigenvalue weighted by Gasteiger charge is -2.40. The molecular formula is C6H14NO9P. The van der Waals surface area contributed by atoms with Crippen molar-refractivity contribution in [3.8, 4) is 0 Å². The Morgan fingerprint density at radius 2 is 1.88 bits per heavy atom. The maximum atomic E-state index is 11.0. The molecular weight excluding hydrogens is 261 g/mol. The lowest BCUT2D eigenvalue weighted by molar-refractivity contribution is -0.253. The normalized spacial score (nSPS) is 42.1. The zero-order valence-electron chi connectivity index (χ0n) is 8.45. The average molecular weight is 275 g/mol. The second kappa shape index (κ2) is 5.67. The molecule has 1 rings (SSSR count). The Bertz CT molecular complexity index is 301. The van der Waals surface area contributed by atoms with Crippen LogP contribution < -0.4 is 5.09 Å². The van der Waals surface area contributed by atoms with E-state index in [1.165, 1.54) is 0 Å². The molecule has 0 aromatic rings. The van der Waals surface area contributed by atoms with E-state index in [0.717, 1.165) is 0 Å². The Balaban J connectivity index is 2.76. The molecule has 0 aromatic heterocycles. The fourth-order valence-corrected chi connectivity index (χ4v) is 2.15. The summed E-state index contributed by atoms with van der Waals surface area (Å²) in [6.07, 6.45) is -6.29. The zero-order chi connectivity index (χ0) is 13.2. The van der Waals surface area contributed by atoms with Gasteiger partial charge in [-0.25, -0.2) is 14.9 Å². The van der Waals surface area contributed by atoms with Crippen LogP contribution in [0.15, 0.2) is 0 Å². The average Bonchev–Trinajstić information content (AvgIpc) is 2.29. The Morgan fingerprint density at radius 1 is 1.29 bits per heavy atom. The number of hydrogen-bond acceptors (Lipinski definition) is 8. The van der Waals surface area contributed by atoms with E-state index in [1.807, 2.05) is 0 Å². The van der Waals surface area contributed by atoms with Gasteiger partial charge in [0.05, 0.1) is 12.6 Å². The first kappa shape index (κ1) is 14.9. The Hall–Kier alpha value is -0.130. The highest BCUT2D eigenvalue weighted by atomic mass is 31.2. The van der Waals surface area contributed by atoms with Gasteiger partial charge in [-0.2, -0.15) is 0 Å². The van der Waals surface area contributed by atoms with Gasteiger partial charge >= 0.3 is 7.75 Å². The first-order chi connectivity index (χ1) is 7.82. The molecule has 102 valence electrons. The maximum absolute atomic E-state index is 11.0. The quantitative estimate of drug-likeness (QED) is 0.159. The summed E-state index contributed by atoms with van der Waals surface area (Å²) < 4.78 is 18.9. The van der Waals surface area contributed by atoms with Gasteiger partial charge in [-0.3, -0.25) is 0 Å². The first-order valence-corrected chi connectivity index (χ1v) is 6.14. The summed E-state index contributed by atoms with van der Waals surface area (Å²) in [7, 11) is -4.64. The van der Waals surface area contributed by atoms with Crippen molar-refractivity contribution in [1.82, 2.24) is 5.09 Å². The first-order valence-electron chi connectivity index (χ1n) is 4.56. The molecule has 17 heavy (non-hydrogen) atoms. The lowest BCUT2D eigenvalue weighted by atomic mass is 9.98. The highest BCUT2D eigenvalue weighted by Crippen LogP contribution is 2.38. The summed E-state index contributed by atoms with van der Waals surface area (Å²) in [5.41, 5.74) is 0. The van der Waals surface area contributed by atoms with Gasteiger partial charge < -0.3 is 30.1 Å². The highest BCUT2D eigenvalue weighted by Gasteiger charge is 2.46. The minimum atomic E-state index is -4.64. The number of hydrogen-bond donors (Lipinski definition) is 7. The van der Waals surface area contributed by atoms with Gasteiger partial charge in [0.15, 0.2) is 6.29 Å². The molecule has 0 saturated carbocycles. The number of rotatable bonds is 4. The van der Waals surface area contributed by atoms with Gasteiger partial charge in [0.2, 0.25) is 0 Å². The summed E-state index contributed by atoms with van der Waals surface area (Å²) in [6, 6.07) is -1.57. The summed E-state index contributed by atoms with van der Waals surface area (Å²) in [4.78, 5) is 8.88. The van der Waals surface area contributed by atoms with Crippen LogP contribution >= 0.6 is 7.75 Å². The van der Waals surface area contributed by atoms with E-state index in [2.05, 4.69) is 9.41 Å². The third-order valence-corrected chi connectivity index (χ3v) is 3.17. The lowest BCUT2D eigenvalue weighted by Crippen LogP contribution is -2.62. The van der Waals surface area contributed by atoms with Crippen LogP contribution in [0.1, 0.15) is 0 Å². The molecule has 0 aromatic carbocycles. The van der Waals surface area contributed by atoms with Crippen molar-refractivity contribution in [2.75, 3.05) is 6.61 Å². The van der Waals surface area contributed by atoms with Crippen molar-refractivity contribution in [2.24, 2.45) is 0 Å². The predicted octanol–water partition coefficient (Wildman–Crippen LogP) is -3.03. The van der Waals surface area contributed by atoms with E-state index in [9.17, 15) is 19.9 Å². The van der Waals surface area contributed by atoms with Crippen LogP contribution in [0.4, 0.5) is 0 Å². The Labute approximate surface area is 95.5 Å². The molecule has 3 unspecified atom stereocenters.